The van der Waals surface area contributed by atoms with E-state index >= 15 is 0 Å². The lowest BCUT2D eigenvalue weighted by molar-refractivity contribution is 0.368. The first-order chi connectivity index (χ1) is 14.6. The Morgan fingerprint density at radius 2 is 1.97 bits per heavy atom. The molecule has 0 radical (unpaired) electrons. The predicted octanol–water partition coefficient (Wildman–Crippen LogP) is 4.37. The molecule has 0 atom stereocenters. The van der Waals surface area contributed by atoms with Crippen LogP contribution in [0.25, 0.3) is 11.0 Å². The number of ether oxygens (including phenoxy) is 2. The van der Waals surface area contributed by atoms with E-state index in [1.807, 2.05) is 24.4 Å². The summed E-state index contributed by atoms with van der Waals surface area (Å²) >= 11 is 6.41. The number of pyridine rings is 3. The minimum Gasteiger partial charge on any atom is -0.495 e. The molecular weight excluding hydrogens is 409 g/mol. The molecule has 9 heteroatoms. The van der Waals surface area contributed by atoms with E-state index in [1.165, 1.54) is 13.2 Å². The molecule has 0 unspecified atom stereocenters. The average Bonchev–Trinajstić information content (AvgIpc) is 3.16. The van der Waals surface area contributed by atoms with Gasteiger partial charge in [0.2, 0.25) is 5.88 Å². The van der Waals surface area contributed by atoms with Crippen LogP contribution < -0.4 is 14.8 Å². The Kier molecular flexibility index (Phi) is 5.67. The van der Waals surface area contributed by atoms with Crippen molar-refractivity contribution in [2.45, 2.75) is 13.0 Å². The fourth-order valence-corrected chi connectivity index (χ4v) is 3.32. The van der Waals surface area contributed by atoms with Gasteiger partial charge >= 0.3 is 0 Å². The zero-order chi connectivity index (χ0) is 21.1. The molecule has 2 N–H and O–H groups in total. The molecule has 4 heterocycles. The summed E-state index contributed by atoms with van der Waals surface area (Å²) in [6, 6.07) is 7.06. The molecule has 0 bridgehead atoms. The Hall–Kier alpha value is -3.39. The van der Waals surface area contributed by atoms with Gasteiger partial charge in [-0.1, -0.05) is 17.7 Å². The first-order valence-electron chi connectivity index (χ1n) is 9.15. The van der Waals surface area contributed by atoms with Gasteiger partial charge in [0.25, 0.3) is 0 Å². The van der Waals surface area contributed by atoms with Crippen molar-refractivity contribution < 1.29 is 13.9 Å². The first-order valence-corrected chi connectivity index (χ1v) is 9.53. The zero-order valence-electron chi connectivity index (χ0n) is 16.4. The molecule has 4 aromatic heterocycles. The molecule has 0 aliphatic rings. The minimum atomic E-state index is -0.511. The summed E-state index contributed by atoms with van der Waals surface area (Å²) in [5, 5.41) is 4.49. The number of aromatic amines is 1. The van der Waals surface area contributed by atoms with Crippen molar-refractivity contribution in [1.82, 2.24) is 19.9 Å². The maximum Gasteiger partial charge on any atom is 0.250 e. The van der Waals surface area contributed by atoms with Gasteiger partial charge in [0.15, 0.2) is 5.82 Å². The second-order valence-corrected chi connectivity index (χ2v) is 6.95. The monoisotopic (exact) mass is 427 g/mol. The molecule has 0 amide bonds. The van der Waals surface area contributed by atoms with E-state index in [0.29, 0.717) is 35.2 Å². The minimum absolute atomic E-state index is 0.0330. The topological polar surface area (TPSA) is 85.0 Å². The van der Waals surface area contributed by atoms with Crippen molar-refractivity contribution in [1.29, 1.82) is 0 Å². The number of methoxy groups -OCH3 is 2. The average molecular weight is 428 g/mol. The lowest BCUT2D eigenvalue weighted by Gasteiger charge is -2.09. The maximum atomic E-state index is 13.8. The molecule has 0 spiro atoms. The molecule has 0 saturated carbocycles. The summed E-state index contributed by atoms with van der Waals surface area (Å²) in [6.45, 7) is 0.352. The number of fused-ring (bicyclic) bond motifs is 1. The van der Waals surface area contributed by atoms with E-state index < -0.39 is 5.82 Å². The van der Waals surface area contributed by atoms with Gasteiger partial charge in [-0.15, -0.1) is 0 Å². The van der Waals surface area contributed by atoms with E-state index in [-0.39, 0.29) is 5.88 Å². The maximum absolute atomic E-state index is 13.8. The Morgan fingerprint density at radius 1 is 1.10 bits per heavy atom. The molecule has 0 fully saturated rings. The number of nitrogens with zero attached hydrogens (tertiary/aromatic N) is 3. The van der Waals surface area contributed by atoms with Gasteiger partial charge in [0.05, 0.1) is 20.4 Å². The van der Waals surface area contributed by atoms with Crippen LogP contribution >= 0.6 is 11.6 Å². The van der Waals surface area contributed by atoms with Crippen LogP contribution in [0.5, 0.6) is 11.6 Å². The smallest absolute Gasteiger partial charge is 0.250 e. The van der Waals surface area contributed by atoms with E-state index in [2.05, 4.69) is 25.3 Å². The molecule has 154 valence electrons. The molecular formula is C21H19ClFN5O2. The molecule has 4 aromatic rings. The van der Waals surface area contributed by atoms with Crippen molar-refractivity contribution in [3.05, 3.63) is 70.5 Å². The molecule has 0 aliphatic heterocycles. The summed E-state index contributed by atoms with van der Waals surface area (Å²) in [7, 11) is 2.98. The van der Waals surface area contributed by atoms with Crippen molar-refractivity contribution in [2.24, 2.45) is 0 Å². The van der Waals surface area contributed by atoms with Gasteiger partial charge in [-0.25, -0.2) is 19.3 Å². The number of H-pyrrole nitrogens is 1. The number of aromatic nitrogens is 4. The van der Waals surface area contributed by atoms with Crippen molar-refractivity contribution in [3.8, 4) is 11.6 Å². The third kappa shape index (κ3) is 4.13. The highest BCUT2D eigenvalue weighted by Crippen LogP contribution is 2.26. The normalized spacial score (nSPS) is 10.9. The van der Waals surface area contributed by atoms with Gasteiger partial charge in [0, 0.05) is 30.7 Å². The number of hydrogen-bond donors (Lipinski definition) is 2. The number of nitrogens with one attached hydrogen (secondary N) is 2. The highest BCUT2D eigenvalue weighted by atomic mass is 35.5. The fraction of sp³-hybridized carbons (Fsp3) is 0.190. The quantitative estimate of drug-likeness (QED) is 0.426. The van der Waals surface area contributed by atoms with Crippen LogP contribution in [0.3, 0.4) is 0 Å². The molecule has 0 aliphatic carbocycles. The van der Waals surface area contributed by atoms with Crippen LogP contribution in [0.2, 0.25) is 5.15 Å². The Morgan fingerprint density at radius 3 is 2.70 bits per heavy atom. The van der Waals surface area contributed by atoms with Gasteiger partial charge in [-0.2, -0.15) is 0 Å². The van der Waals surface area contributed by atoms with Crippen LogP contribution in [0.1, 0.15) is 16.7 Å². The SMILES string of the molecule is COc1cnc2[nH]cc(Cc3ccc(NCc4cnc(OC)c(F)c4)nc3Cl)c2c1. The van der Waals surface area contributed by atoms with E-state index in [0.717, 1.165) is 22.2 Å². The van der Waals surface area contributed by atoms with Crippen LogP contribution in [0.15, 0.2) is 42.9 Å². The third-order valence-corrected chi connectivity index (χ3v) is 4.99. The molecule has 0 saturated heterocycles. The summed E-state index contributed by atoms with van der Waals surface area (Å²) in [5.74, 6) is 0.733. The lowest BCUT2D eigenvalue weighted by Crippen LogP contribution is -2.04. The van der Waals surface area contributed by atoms with Crippen molar-refractivity contribution in [3.63, 3.8) is 0 Å². The van der Waals surface area contributed by atoms with Crippen LogP contribution in [0, 0.1) is 5.82 Å². The zero-order valence-corrected chi connectivity index (χ0v) is 17.1. The standard InChI is InChI=1S/C21H19ClFN5O2/c1-29-15-7-16-14(10-25-20(16)26-11-15)6-13-3-4-18(28-19(13)22)24-8-12-5-17(23)21(30-2)27-9-12/h3-5,7,9-11H,6,8H2,1-2H3,(H,24,28)(H,25,26). The number of hydrogen-bond acceptors (Lipinski definition) is 6. The Bertz CT molecular complexity index is 1200. The molecule has 30 heavy (non-hydrogen) atoms. The van der Waals surface area contributed by atoms with E-state index in [4.69, 9.17) is 21.1 Å². The summed E-state index contributed by atoms with van der Waals surface area (Å²) in [6.07, 6.45) is 5.71. The van der Waals surface area contributed by atoms with E-state index in [1.54, 1.807) is 19.5 Å². The van der Waals surface area contributed by atoms with Crippen LogP contribution in [-0.2, 0) is 13.0 Å². The van der Waals surface area contributed by atoms with Gasteiger partial charge < -0.3 is 19.8 Å². The third-order valence-electron chi connectivity index (χ3n) is 4.67. The summed E-state index contributed by atoms with van der Waals surface area (Å²) in [4.78, 5) is 15.8. The largest absolute Gasteiger partial charge is 0.495 e. The van der Waals surface area contributed by atoms with Crippen molar-refractivity contribution >= 4 is 28.5 Å². The molecule has 7 nitrogen and oxygen atoms in total. The number of halogens is 2. The highest BCUT2D eigenvalue weighted by molar-refractivity contribution is 6.30. The van der Waals surface area contributed by atoms with Crippen LogP contribution in [-0.4, -0.2) is 34.2 Å². The molecule has 4 rings (SSSR count). The highest BCUT2D eigenvalue weighted by Gasteiger charge is 2.11. The number of rotatable bonds is 7. The molecule has 0 aromatic carbocycles. The second kappa shape index (κ2) is 8.54. The summed E-state index contributed by atoms with van der Waals surface area (Å²) < 4.78 is 23.9. The first kappa shape index (κ1) is 19.9. The summed E-state index contributed by atoms with van der Waals surface area (Å²) in [5.41, 5.74) is 3.37. The fourth-order valence-electron chi connectivity index (χ4n) is 3.10. The Balaban J connectivity index is 1.48. The number of anilines is 1. The van der Waals surface area contributed by atoms with Crippen LogP contribution in [0.4, 0.5) is 10.2 Å². The van der Waals surface area contributed by atoms with Gasteiger partial charge in [0.1, 0.15) is 22.4 Å². The van der Waals surface area contributed by atoms with Gasteiger partial charge in [-0.05, 0) is 34.9 Å². The van der Waals surface area contributed by atoms with E-state index in [9.17, 15) is 4.39 Å². The lowest BCUT2D eigenvalue weighted by atomic mass is 10.1. The van der Waals surface area contributed by atoms with Crippen molar-refractivity contribution in [2.75, 3.05) is 19.5 Å². The Labute approximate surface area is 177 Å². The van der Waals surface area contributed by atoms with Gasteiger partial charge in [-0.3, -0.25) is 0 Å². The second-order valence-electron chi connectivity index (χ2n) is 6.60. The predicted molar refractivity (Wildman–Crippen MR) is 113 cm³/mol.